The number of aromatic nitrogens is 1. The van der Waals surface area contributed by atoms with Gasteiger partial charge in [0.25, 0.3) is 0 Å². The Labute approximate surface area is 72.4 Å². The first-order chi connectivity index (χ1) is 5.95. The number of hydrogen-bond donors (Lipinski definition) is 3. The van der Waals surface area contributed by atoms with Crippen LogP contribution in [-0.2, 0) is 6.18 Å². The number of nitrogens with one attached hydrogen (secondary N) is 1. The van der Waals surface area contributed by atoms with Gasteiger partial charge in [-0.3, -0.25) is 0 Å². The molecule has 1 aromatic rings. The lowest BCUT2D eigenvalue weighted by atomic mass is 10.2. The summed E-state index contributed by atoms with van der Waals surface area (Å²) in [6, 6.07) is 0.0945. The first-order valence-corrected chi connectivity index (χ1v) is 3.57. The van der Waals surface area contributed by atoms with E-state index in [0.29, 0.717) is 0 Å². The molecule has 0 radical (unpaired) electrons. The molecule has 1 unspecified atom stereocenters. The number of halogens is 3. The molecule has 0 aliphatic heterocycles. The number of nitrogens with two attached hydrogens (primary N) is 1. The maximum atomic E-state index is 12.0. The number of aliphatic hydroxyl groups excluding tert-OH is 1. The predicted molar refractivity (Wildman–Crippen MR) is 39.8 cm³/mol. The Morgan fingerprint density at radius 1 is 1.54 bits per heavy atom. The molecule has 74 valence electrons. The number of aliphatic hydroxyl groups is 1. The normalized spacial score (nSPS) is 14.5. The van der Waals surface area contributed by atoms with Crippen LogP contribution in [0, 0.1) is 0 Å². The molecule has 13 heavy (non-hydrogen) atoms. The molecule has 0 saturated carbocycles. The van der Waals surface area contributed by atoms with Crippen LogP contribution in [0.5, 0.6) is 0 Å². The molecule has 0 spiro atoms. The fraction of sp³-hybridized carbons (Fsp3) is 0.429. The summed E-state index contributed by atoms with van der Waals surface area (Å²) >= 11 is 0. The second-order valence-corrected chi connectivity index (χ2v) is 2.63. The van der Waals surface area contributed by atoms with E-state index in [2.05, 4.69) is 4.98 Å². The third-order valence-corrected chi connectivity index (χ3v) is 1.63. The Morgan fingerprint density at radius 2 is 2.15 bits per heavy atom. The number of alkyl halides is 3. The van der Waals surface area contributed by atoms with E-state index in [4.69, 9.17) is 10.8 Å². The molecule has 6 heteroatoms. The van der Waals surface area contributed by atoms with Gasteiger partial charge < -0.3 is 15.8 Å². The molecular weight excluding hydrogens is 185 g/mol. The van der Waals surface area contributed by atoms with Gasteiger partial charge in [0.05, 0.1) is 18.2 Å². The van der Waals surface area contributed by atoms with Gasteiger partial charge >= 0.3 is 6.18 Å². The van der Waals surface area contributed by atoms with Crippen molar-refractivity contribution in [1.82, 2.24) is 4.98 Å². The summed E-state index contributed by atoms with van der Waals surface area (Å²) in [4.78, 5) is 2.36. The van der Waals surface area contributed by atoms with E-state index in [0.717, 1.165) is 12.3 Å². The van der Waals surface area contributed by atoms with Gasteiger partial charge in [-0.2, -0.15) is 13.2 Å². The van der Waals surface area contributed by atoms with Crippen LogP contribution < -0.4 is 5.73 Å². The summed E-state index contributed by atoms with van der Waals surface area (Å²) in [6.45, 7) is -0.391. The topological polar surface area (TPSA) is 62.0 Å². The molecule has 0 amide bonds. The van der Waals surface area contributed by atoms with Crippen LogP contribution in [0.15, 0.2) is 12.3 Å². The largest absolute Gasteiger partial charge is 0.417 e. The minimum atomic E-state index is -4.37. The standard InChI is InChI=1S/C7H9F3N2O/c8-7(9,10)4-1-6(12-2-4)5(11)3-13/h1-2,5,12-13H,3,11H2. The van der Waals surface area contributed by atoms with Crippen molar-refractivity contribution in [2.45, 2.75) is 12.2 Å². The van der Waals surface area contributed by atoms with Gasteiger partial charge in [-0.1, -0.05) is 0 Å². The SMILES string of the molecule is NC(CO)c1cc(C(F)(F)F)c[nH]1. The van der Waals surface area contributed by atoms with Gasteiger partial charge in [0.2, 0.25) is 0 Å². The number of rotatable bonds is 2. The van der Waals surface area contributed by atoms with Crippen molar-refractivity contribution < 1.29 is 18.3 Å². The minimum Gasteiger partial charge on any atom is -0.394 e. The van der Waals surface area contributed by atoms with Crippen molar-refractivity contribution in [2.75, 3.05) is 6.61 Å². The van der Waals surface area contributed by atoms with Crippen molar-refractivity contribution >= 4 is 0 Å². The van der Waals surface area contributed by atoms with Crippen LogP contribution in [0.4, 0.5) is 13.2 Å². The summed E-state index contributed by atoms with van der Waals surface area (Å²) in [6.07, 6.45) is -3.55. The highest BCUT2D eigenvalue weighted by molar-refractivity contribution is 5.21. The average molecular weight is 194 g/mol. The zero-order valence-electron chi connectivity index (χ0n) is 6.60. The highest BCUT2D eigenvalue weighted by Crippen LogP contribution is 2.30. The molecule has 1 aromatic heterocycles. The average Bonchev–Trinajstić information content (AvgIpc) is 2.50. The second-order valence-electron chi connectivity index (χ2n) is 2.63. The molecule has 0 fully saturated rings. The molecule has 0 bridgehead atoms. The monoisotopic (exact) mass is 194 g/mol. The van der Waals surface area contributed by atoms with E-state index in [1.165, 1.54) is 0 Å². The van der Waals surface area contributed by atoms with Crippen LogP contribution >= 0.6 is 0 Å². The second kappa shape index (κ2) is 3.39. The van der Waals surface area contributed by atoms with Crippen LogP contribution in [0.25, 0.3) is 0 Å². The van der Waals surface area contributed by atoms with E-state index in [1.54, 1.807) is 0 Å². The van der Waals surface area contributed by atoms with Crippen molar-refractivity contribution in [3.05, 3.63) is 23.5 Å². The fourth-order valence-corrected chi connectivity index (χ4v) is 0.888. The predicted octanol–water partition coefficient (Wildman–Crippen LogP) is 1.03. The van der Waals surface area contributed by atoms with E-state index in [-0.39, 0.29) is 5.69 Å². The lowest BCUT2D eigenvalue weighted by Gasteiger charge is -2.04. The maximum absolute atomic E-state index is 12.0. The van der Waals surface area contributed by atoms with Crippen LogP contribution in [0.3, 0.4) is 0 Å². The van der Waals surface area contributed by atoms with E-state index in [9.17, 15) is 13.2 Å². The molecule has 0 saturated heterocycles. The Hall–Kier alpha value is -1.01. The van der Waals surface area contributed by atoms with Crippen LogP contribution in [-0.4, -0.2) is 16.7 Å². The van der Waals surface area contributed by atoms with E-state index < -0.39 is 24.4 Å². The molecule has 0 aromatic carbocycles. The molecule has 0 aliphatic carbocycles. The molecule has 1 rings (SSSR count). The number of aromatic amines is 1. The summed E-state index contributed by atoms with van der Waals surface area (Å²) in [7, 11) is 0. The van der Waals surface area contributed by atoms with Gasteiger partial charge in [-0.05, 0) is 6.07 Å². The summed E-state index contributed by atoms with van der Waals surface area (Å²) in [5.74, 6) is 0. The first-order valence-electron chi connectivity index (χ1n) is 3.57. The van der Waals surface area contributed by atoms with Gasteiger partial charge in [0.15, 0.2) is 0 Å². The smallest absolute Gasteiger partial charge is 0.394 e. The van der Waals surface area contributed by atoms with Crippen LogP contribution in [0.2, 0.25) is 0 Å². The van der Waals surface area contributed by atoms with E-state index in [1.807, 2.05) is 0 Å². The molecule has 1 heterocycles. The zero-order chi connectivity index (χ0) is 10.1. The Morgan fingerprint density at radius 3 is 2.54 bits per heavy atom. The Kier molecular flexibility index (Phi) is 2.63. The lowest BCUT2D eigenvalue weighted by molar-refractivity contribution is -0.137. The third-order valence-electron chi connectivity index (χ3n) is 1.63. The Bertz CT molecular complexity index is 282. The van der Waals surface area contributed by atoms with Crippen molar-refractivity contribution in [2.24, 2.45) is 5.73 Å². The summed E-state index contributed by atoms with van der Waals surface area (Å²) < 4.78 is 36.1. The quantitative estimate of drug-likeness (QED) is 0.658. The maximum Gasteiger partial charge on any atom is 0.417 e. The first kappa shape index (κ1) is 10.1. The summed E-state index contributed by atoms with van der Waals surface area (Å²) in [5.41, 5.74) is 4.69. The number of hydrogen-bond acceptors (Lipinski definition) is 2. The van der Waals surface area contributed by atoms with Crippen LogP contribution in [0.1, 0.15) is 17.3 Å². The number of H-pyrrole nitrogens is 1. The van der Waals surface area contributed by atoms with Crippen molar-refractivity contribution in [3.8, 4) is 0 Å². The minimum absolute atomic E-state index is 0.176. The van der Waals surface area contributed by atoms with E-state index >= 15 is 0 Å². The Balaban J connectivity index is 2.87. The van der Waals surface area contributed by atoms with Crippen molar-refractivity contribution in [3.63, 3.8) is 0 Å². The van der Waals surface area contributed by atoms with Gasteiger partial charge in [-0.25, -0.2) is 0 Å². The van der Waals surface area contributed by atoms with Crippen molar-refractivity contribution in [1.29, 1.82) is 0 Å². The molecule has 1 atom stereocenters. The van der Waals surface area contributed by atoms with Gasteiger partial charge in [0.1, 0.15) is 0 Å². The third kappa shape index (κ3) is 2.22. The molecular formula is C7H9F3N2O. The molecule has 3 nitrogen and oxygen atoms in total. The highest BCUT2D eigenvalue weighted by atomic mass is 19.4. The van der Waals surface area contributed by atoms with Gasteiger partial charge in [-0.15, -0.1) is 0 Å². The molecule has 0 aliphatic rings. The highest BCUT2D eigenvalue weighted by Gasteiger charge is 2.31. The summed E-state index contributed by atoms with van der Waals surface area (Å²) in [5, 5.41) is 8.57. The van der Waals surface area contributed by atoms with Gasteiger partial charge in [0, 0.05) is 11.9 Å². The lowest BCUT2D eigenvalue weighted by Crippen LogP contribution is -2.14. The molecule has 4 N–H and O–H groups in total. The fourth-order valence-electron chi connectivity index (χ4n) is 0.888. The zero-order valence-corrected chi connectivity index (χ0v) is 6.60.